The van der Waals surface area contributed by atoms with Gasteiger partial charge in [-0.2, -0.15) is 5.10 Å². The van der Waals surface area contributed by atoms with Crippen molar-refractivity contribution in [1.82, 2.24) is 19.6 Å². The number of thiophene rings is 1. The molecular formula is C21H21FN4OS. The molecule has 0 saturated carbocycles. The van der Waals surface area contributed by atoms with Gasteiger partial charge in [-0.1, -0.05) is 0 Å². The number of halogens is 1. The van der Waals surface area contributed by atoms with Crippen LogP contribution in [0.4, 0.5) is 4.39 Å². The van der Waals surface area contributed by atoms with E-state index in [2.05, 4.69) is 21.4 Å². The molecule has 0 N–H and O–H groups in total. The Hall–Kier alpha value is -2.51. The third-order valence-corrected chi connectivity index (χ3v) is 6.76. The molecule has 1 fully saturated rings. The van der Waals surface area contributed by atoms with Crippen LogP contribution in [-0.4, -0.2) is 51.2 Å². The summed E-state index contributed by atoms with van der Waals surface area (Å²) < 4.78 is 14.8. The van der Waals surface area contributed by atoms with Crippen LogP contribution in [0.25, 0.3) is 11.3 Å². The predicted octanol–water partition coefficient (Wildman–Crippen LogP) is 3.17. The fraction of sp³-hybridized carbons (Fsp3) is 0.333. The molecule has 1 aromatic carbocycles. The molecular weight excluding hydrogens is 375 g/mol. The molecule has 1 amide bonds. The standard InChI is InChI=1S/C21H21FN4OS/c1-24-19(10-18(23-24)14-2-4-16(22)5-3-14)21(27)26-12-17(13-26)25-8-6-20-15(11-25)7-9-28-20/h2-5,7,9-10,17H,6,8,11-13H2,1H3. The molecule has 0 radical (unpaired) electrons. The number of carbonyl (C=O) groups excluding carboxylic acids is 1. The minimum atomic E-state index is -0.283. The molecule has 1 saturated heterocycles. The van der Waals surface area contributed by atoms with E-state index in [0.29, 0.717) is 17.4 Å². The van der Waals surface area contributed by atoms with Crippen LogP contribution < -0.4 is 0 Å². The first-order valence-electron chi connectivity index (χ1n) is 9.47. The van der Waals surface area contributed by atoms with Gasteiger partial charge in [-0.3, -0.25) is 14.4 Å². The molecule has 3 aromatic rings. The van der Waals surface area contributed by atoms with Crippen molar-refractivity contribution in [3.8, 4) is 11.3 Å². The molecule has 5 nitrogen and oxygen atoms in total. The molecule has 2 aliphatic heterocycles. The highest BCUT2D eigenvalue weighted by atomic mass is 32.1. The molecule has 0 aliphatic carbocycles. The van der Waals surface area contributed by atoms with Gasteiger partial charge in [0.25, 0.3) is 5.91 Å². The lowest BCUT2D eigenvalue weighted by atomic mass is 10.0. The molecule has 0 atom stereocenters. The van der Waals surface area contributed by atoms with Crippen molar-refractivity contribution in [2.45, 2.75) is 19.0 Å². The second kappa shape index (κ2) is 6.83. The number of amides is 1. The largest absolute Gasteiger partial charge is 0.334 e. The predicted molar refractivity (Wildman–Crippen MR) is 107 cm³/mol. The van der Waals surface area contributed by atoms with Crippen LogP contribution in [0.2, 0.25) is 0 Å². The molecule has 0 unspecified atom stereocenters. The number of carbonyl (C=O) groups is 1. The summed E-state index contributed by atoms with van der Waals surface area (Å²) >= 11 is 1.85. The van der Waals surface area contributed by atoms with E-state index in [4.69, 9.17) is 0 Å². The van der Waals surface area contributed by atoms with Gasteiger partial charge in [0.1, 0.15) is 11.5 Å². The summed E-state index contributed by atoms with van der Waals surface area (Å²) in [4.78, 5) is 18.8. The molecule has 4 heterocycles. The summed E-state index contributed by atoms with van der Waals surface area (Å²) in [5.74, 6) is -0.275. The van der Waals surface area contributed by atoms with Crippen LogP contribution in [0, 0.1) is 5.82 Å². The fourth-order valence-corrected chi connectivity index (χ4v) is 4.91. The van der Waals surface area contributed by atoms with E-state index in [1.807, 2.05) is 16.2 Å². The van der Waals surface area contributed by atoms with E-state index >= 15 is 0 Å². The van der Waals surface area contributed by atoms with E-state index in [9.17, 15) is 9.18 Å². The van der Waals surface area contributed by atoms with E-state index in [1.165, 1.54) is 22.6 Å². The summed E-state index contributed by atoms with van der Waals surface area (Å²) in [5.41, 5.74) is 3.49. The lowest BCUT2D eigenvalue weighted by molar-refractivity contribution is 0.0213. The van der Waals surface area contributed by atoms with Crippen molar-refractivity contribution >= 4 is 17.2 Å². The molecule has 28 heavy (non-hydrogen) atoms. The first kappa shape index (κ1) is 17.6. The Morgan fingerprint density at radius 2 is 2.00 bits per heavy atom. The molecule has 5 rings (SSSR count). The smallest absolute Gasteiger partial charge is 0.272 e. The number of hydrogen-bond acceptors (Lipinski definition) is 4. The molecule has 2 aromatic heterocycles. The first-order valence-corrected chi connectivity index (χ1v) is 10.3. The van der Waals surface area contributed by atoms with Crippen molar-refractivity contribution < 1.29 is 9.18 Å². The van der Waals surface area contributed by atoms with Crippen molar-refractivity contribution in [1.29, 1.82) is 0 Å². The highest BCUT2D eigenvalue weighted by Gasteiger charge is 2.37. The van der Waals surface area contributed by atoms with Gasteiger partial charge in [0.2, 0.25) is 0 Å². The summed E-state index contributed by atoms with van der Waals surface area (Å²) in [7, 11) is 1.78. The van der Waals surface area contributed by atoms with Crippen LogP contribution in [0.15, 0.2) is 41.8 Å². The topological polar surface area (TPSA) is 41.4 Å². The van der Waals surface area contributed by atoms with Gasteiger partial charge in [0, 0.05) is 49.7 Å². The maximum absolute atomic E-state index is 13.1. The number of benzene rings is 1. The number of fused-ring (bicyclic) bond motifs is 1. The second-order valence-corrected chi connectivity index (χ2v) is 8.50. The Kier molecular flexibility index (Phi) is 4.29. The van der Waals surface area contributed by atoms with Gasteiger partial charge < -0.3 is 4.90 Å². The van der Waals surface area contributed by atoms with Crippen LogP contribution in [-0.2, 0) is 20.0 Å². The Balaban J connectivity index is 1.25. The molecule has 2 aliphatic rings. The van der Waals surface area contributed by atoms with Gasteiger partial charge in [0.05, 0.1) is 5.69 Å². The summed E-state index contributed by atoms with van der Waals surface area (Å²) in [5, 5.41) is 6.61. The third kappa shape index (κ3) is 3.04. The zero-order valence-corrected chi connectivity index (χ0v) is 16.5. The number of rotatable bonds is 3. The van der Waals surface area contributed by atoms with E-state index < -0.39 is 0 Å². The Bertz CT molecular complexity index is 1020. The zero-order chi connectivity index (χ0) is 19.3. The summed E-state index contributed by atoms with van der Waals surface area (Å²) in [6.45, 7) is 3.58. The van der Waals surface area contributed by atoms with Gasteiger partial charge in [-0.05, 0) is 53.8 Å². The first-order chi connectivity index (χ1) is 13.6. The van der Waals surface area contributed by atoms with E-state index in [0.717, 1.165) is 38.2 Å². The van der Waals surface area contributed by atoms with Crippen LogP contribution in [0.1, 0.15) is 20.9 Å². The van der Waals surface area contributed by atoms with Crippen LogP contribution >= 0.6 is 11.3 Å². The Morgan fingerprint density at radius 3 is 2.79 bits per heavy atom. The average molecular weight is 396 g/mol. The lowest BCUT2D eigenvalue weighted by Crippen LogP contribution is -2.61. The van der Waals surface area contributed by atoms with Crippen molar-refractivity contribution in [3.05, 3.63) is 63.7 Å². The number of nitrogens with zero attached hydrogens (tertiary/aromatic N) is 4. The lowest BCUT2D eigenvalue weighted by Gasteiger charge is -2.46. The normalized spacial score (nSPS) is 17.4. The highest BCUT2D eigenvalue weighted by Crippen LogP contribution is 2.28. The molecule has 7 heteroatoms. The minimum absolute atomic E-state index is 0.00726. The second-order valence-electron chi connectivity index (χ2n) is 7.50. The average Bonchev–Trinajstić information content (AvgIpc) is 3.27. The van der Waals surface area contributed by atoms with Crippen molar-refractivity contribution in [3.63, 3.8) is 0 Å². The SMILES string of the molecule is Cn1nc(-c2ccc(F)cc2)cc1C(=O)N1CC(N2CCc3sccc3C2)C1. The van der Waals surface area contributed by atoms with Crippen molar-refractivity contribution in [2.24, 2.45) is 7.05 Å². The van der Waals surface area contributed by atoms with Gasteiger partial charge >= 0.3 is 0 Å². The number of aromatic nitrogens is 2. The quantitative estimate of drug-likeness (QED) is 0.683. The summed E-state index contributed by atoms with van der Waals surface area (Å²) in [6.07, 6.45) is 1.11. The van der Waals surface area contributed by atoms with Gasteiger partial charge in [-0.15, -0.1) is 11.3 Å². The number of hydrogen-bond donors (Lipinski definition) is 0. The maximum atomic E-state index is 13.1. The monoisotopic (exact) mass is 396 g/mol. The summed E-state index contributed by atoms with van der Waals surface area (Å²) in [6, 6.07) is 10.6. The minimum Gasteiger partial charge on any atom is -0.334 e. The Morgan fingerprint density at radius 1 is 1.21 bits per heavy atom. The molecule has 0 spiro atoms. The van der Waals surface area contributed by atoms with Gasteiger partial charge in [-0.25, -0.2) is 4.39 Å². The number of aryl methyl sites for hydroxylation is 1. The number of likely N-dealkylation sites (tertiary alicyclic amines) is 1. The van der Waals surface area contributed by atoms with Crippen LogP contribution in [0.5, 0.6) is 0 Å². The highest BCUT2D eigenvalue weighted by molar-refractivity contribution is 7.10. The van der Waals surface area contributed by atoms with E-state index in [-0.39, 0.29) is 11.7 Å². The van der Waals surface area contributed by atoms with E-state index in [1.54, 1.807) is 29.9 Å². The molecule has 0 bridgehead atoms. The van der Waals surface area contributed by atoms with Crippen molar-refractivity contribution in [2.75, 3.05) is 19.6 Å². The zero-order valence-electron chi connectivity index (χ0n) is 15.6. The maximum Gasteiger partial charge on any atom is 0.272 e. The molecule has 144 valence electrons. The third-order valence-electron chi connectivity index (χ3n) is 5.74. The van der Waals surface area contributed by atoms with Gasteiger partial charge in [0.15, 0.2) is 0 Å². The van der Waals surface area contributed by atoms with Crippen LogP contribution in [0.3, 0.4) is 0 Å². The fourth-order valence-electron chi connectivity index (χ4n) is 4.03. The Labute approximate surface area is 167 Å².